The summed E-state index contributed by atoms with van der Waals surface area (Å²) in [7, 11) is 0. The summed E-state index contributed by atoms with van der Waals surface area (Å²) >= 11 is 0. The lowest BCUT2D eigenvalue weighted by Gasteiger charge is -2.37. The molecule has 1 N–H and O–H groups in total. The maximum absolute atomic E-state index is 11.0. The maximum Gasteiger partial charge on any atom is 0.317 e. The minimum atomic E-state index is -0.731. The van der Waals surface area contributed by atoms with Crippen molar-refractivity contribution in [3.8, 4) is 5.75 Å². The first-order chi connectivity index (χ1) is 12.1. The number of nitrogens with zero attached hydrogens (tertiary/aromatic N) is 2. The van der Waals surface area contributed by atoms with Gasteiger partial charge >= 0.3 is 5.97 Å². The molecule has 0 aromatic heterocycles. The molecule has 1 fully saturated rings. The molecular formula is C20H32N2O3. The van der Waals surface area contributed by atoms with Crippen LogP contribution in [0.2, 0.25) is 0 Å². The number of ether oxygens (including phenoxy) is 1. The lowest BCUT2D eigenvalue weighted by Crippen LogP contribution is -2.46. The van der Waals surface area contributed by atoms with Gasteiger partial charge in [-0.05, 0) is 56.6 Å². The average molecular weight is 348 g/mol. The normalized spacial score (nSPS) is 16.3. The van der Waals surface area contributed by atoms with Gasteiger partial charge in [-0.2, -0.15) is 0 Å². The molecule has 1 aromatic rings. The molecule has 1 aliphatic rings. The van der Waals surface area contributed by atoms with E-state index in [1.54, 1.807) is 0 Å². The molecule has 25 heavy (non-hydrogen) atoms. The van der Waals surface area contributed by atoms with Gasteiger partial charge in [-0.25, -0.2) is 0 Å². The van der Waals surface area contributed by atoms with Gasteiger partial charge in [0.2, 0.25) is 0 Å². The lowest BCUT2D eigenvalue weighted by molar-refractivity contribution is -0.139. The Hall–Kier alpha value is -1.59. The van der Waals surface area contributed by atoms with E-state index in [9.17, 15) is 4.79 Å². The van der Waals surface area contributed by atoms with Gasteiger partial charge in [0.15, 0.2) is 0 Å². The zero-order valence-electron chi connectivity index (χ0n) is 15.6. The summed E-state index contributed by atoms with van der Waals surface area (Å²) in [6.45, 7) is 8.94. The standard InChI is InChI=1S/C20H32N2O3/c1-3-5-14-25-19-8-6-17(7-9-19)15-21-12-10-18(11-13-21)22(4-2)16-20(23)24/h6-9,18H,3-5,10-16H2,1-2H3,(H,23,24). The summed E-state index contributed by atoms with van der Waals surface area (Å²) in [4.78, 5) is 15.5. The van der Waals surface area contributed by atoms with Gasteiger partial charge in [0.25, 0.3) is 0 Å². The van der Waals surface area contributed by atoms with Crippen molar-refractivity contribution in [2.75, 3.05) is 32.8 Å². The topological polar surface area (TPSA) is 53.0 Å². The fraction of sp³-hybridized carbons (Fsp3) is 0.650. The number of unbranched alkanes of at least 4 members (excludes halogenated alkanes) is 1. The van der Waals surface area contributed by atoms with E-state index in [-0.39, 0.29) is 6.54 Å². The van der Waals surface area contributed by atoms with Crippen molar-refractivity contribution in [1.82, 2.24) is 9.80 Å². The number of hydrogen-bond donors (Lipinski definition) is 1. The molecule has 1 saturated heterocycles. The molecule has 0 saturated carbocycles. The number of carboxylic acids is 1. The van der Waals surface area contributed by atoms with Crippen LogP contribution < -0.4 is 4.74 Å². The van der Waals surface area contributed by atoms with E-state index in [1.807, 2.05) is 6.92 Å². The zero-order valence-corrected chi connectivity index (χ0v) is 15.6. The molecule has 0 bridgehead atoms. The van der Waals surface area contributed by atoms with Crippen LogP contribution in [0, 0.1) is 0 Å². The zero-order chi connectivity index (χ0) is 18.1. The van der Waals surface area contributed by atoms with E-state index >= 15 is 0 Å². The van der Waals surface area contributed by atoms with E-state index < -0.39 is 5.97 Å². The number of piperidine rings is 1. The Balaban J connectivity index is 1.76. The second-order valence-corrected chi connectivity index (χ2v) is 6.81. The summed E-state index contributed by atoms with van der Waals surface area (Å²) in [5, 5.41) is 9.02. The van der Waals surface area contributed by atoms with Gasteiger partial charge in [-0.1, -0.05) is 32.4 Å². The van der Waals surface area contributed by atoms with Gasteiger partial charge < -0.3 is 9.84 Å². The summed E-state index contributed by atoms with van der Waals surface area (Å²) in [6.07, 6.45) is 4.32. The first-order valence-corrected chi connectivity index (χ1v) is 9.52. The molecule has 0 radical (unpaired) electrons. The van der Waals surface area contributed by atoms with E-state index in [4.69, 9.17) is 9.84 Å². The maximum atomic E-state index is 11.0. The Morgan fingerprint density at radius 3 is 2.48 bits per heavy atom. The van der Waals surface area contributed by atoms with Crippen LogP contribution in [0.3, 0.4) is 0 Å². The fourth-order valence-electron chi connectivity index (χ4n) is 3.40. The first kappa shape index (κ1) is 19.7. The molecule has 2 rings (SSSR count). The van der Waals surface area contributed by atoms with Crippen molar-refractivity contribution in [3.63, 3.8) is 0 Å². The largest absolute Gasteiger partial charge is 0.494 e. The number of rotatable bonds is 10. The second kappa shape index (κ2) is 10.4. The molecule has 1 heterocycles. The molecule has 0 unspecified atom stereocenters. The smallest absolute Gasteiger partial charge is 0.317 e. The van der Waals surface area contributed by atoms with Crippen LogP contribution in [0.25, 0.3) is 0 Å². The van der Waals surface area contributed by atoms with E-state index in [2.05, 4.69) is 41.0 Å². The average Bonchev–Trinajstić information content (AvgIpc) is 2.62. The summed E-state index contributed by atoms with van der Waals surface area (Å²) in [6, 6.07) is 8.81. The predicted molar refractivity (Wildman–Crippen MR) is 100 cm³/mol. The van der Waals surface area contributed by atoms with Gasteiger partial charge in [0.1, 0.15) is 5.75 Å². The number of carboxylic acid groups (broad SMARTS) is 1. The molecular weight excluding hydrogens is 316 g/mol. The van der Waals surface area contributed by atoms with Crippen LogP contribution in [0.15, 0.2) is 24.3 Å². The number of carbonyl (C=O) groups is 1. The van der Waals surface area contributed by atoms with Crippen LogP contribution in [0.4, 0.5) is 0 Å². The number of benzene rings is 1. The van der Waals surface area contributed by atoms with Crippen LogP contribution in [-0.4, -0.2) is 59.7 Å². The van der Waals surface area contributed by atoms with Crippen molar-refractivity contribution in [2.45, 2.75) is 52.1 Å². The third-order valence-electron chi connectivity index (χ3n) is 4.91. The van der Waals surface area contributed by atoms with Gasteiger partial charge in [0, 0.05) is 12.6 Å². The molecule has 0 amide bonds. The highest BCUT2D eigenvalue weighted by Crippen LogP contribution is 2.20. The molecule has 0 atom stereocenters. The van der Waals surface area contributed by atoms with Crippen molar-refractivity contribution in [2.24, 2.45) is 0 Å². The fourth-order valence-corrected chi connectivity index (χ4v) is 3.40. The summed E-state index contributed by atoms with van der Waals surface area (Å²) in [5.74, 6) is 0.216. The summed E-state index contributed by atoms with van der Waals surface area (Å²) < 4.78 is 5.71. The second-order valence-electron chi connectivity index (χ2n) is 6.81. The molecule has 5 heteroatoms. The van der Waals surface area contributed by atoms with Crippen molar-refractivity contribution in [3.05, 3.63) is 29.8 Å². The SMILES string of the molecule is CCCCOc1ccc(CN2CCC(N(CC)CC(=O)O)CC2)cc1. The lowest BCUT2D eigenvalue weighted by atomic mass is 10.0. The Morgan fingerprint density at radius 2 is 1.92 bits per heavy atom. The Kier molecular flexibility index (Phi) is 8.22. The van der Waals surface area contributed by atoms with Crippen molar-refractivity contribution < 1.29 is 14.6 Å². The molecule has 1 aliphatic heterocycles. The van der Waals surface area contributed by atoms with Crippen LogP contribution >= 0.6 is 0 Å². The third kappa shape index (κ3) is 6.67. The Morgan fingerprint density at radius 1 is 1.24 bits per heavy atom. The van der Waals surface area contributed by atoms with E-state index in [1.165, 1.54) is 5.56 Å². The highest BCUT2D eigenvalue weighted by molar-refractivity contribution is 5.69. The number of likely N-dealkylation sites (tertiary alicyclic amines) is 1. The summed E-state index contributed by atoms with van der Waals surface area (Å²) in [5.41, 5.74) is 1.30. The molecule has 1 aromatic carbocycles. The molecule has 0 spiro atoms. The van der Waals surface area contributed by atoms with Crippen molar-refractivity contribution in [1.29, 1.82) is 0 Å². The number of likely N-dealkylation sites (N-methyl/N-ethyl adjacent to an activating group) is 1. The third-order valence-corrected chi connectivity index (χ3v) is 4.91. The van der Waals surface area contributed by atoms with Crippen molar-refractivity contribution >= 4 is 5.97 Å². The van der Waals surface area contributed by atoms with Crippen LogP contribution in [-0.2, 0) is 11.3 Å². The highest BCUT2D eigenvalue weighted by atomic mass is 16.5. The molecule has 5 nitrogen and oxygen atoms in total. The highest BCUT2D eigenvalue weighted by Gasteiger charge is 2.24. The van der Waals surface area contributed by atoms with E-state index in [0.717, 1.165) is 64.2 Å². The minimum absolute atomic E-state index is 0.153. The van der Waals surface area contributed by atoms with Gasteiger partial charge in [-0.3, -0.25) is 14.6 Å². The Labute approximate surface area is 151 Å². The van der Waals surface area contributed by atoms with Crippen LogP contribution in [0.1, 0.15) is 45.1 Å². The number of aliphatic carboxylic acids is 1. The monoisotopic (exact) mass is 348 g/mol. The van der Waals surface area contributed by atoms with Gasteiger partial charge in [0.05, 0.1) is 13.2 Å². The number of hydrogen-bond acceptors (Lipinski definition) is 4. The van der Waals surface area contributed by atoms with E-state index in [0.29, 0.717) is 6.04 Å². The molecule has 0 aliphatic carbocycles. The first-order valence-electron chi connectivity index (χ1n) is 9.52. The van der Waals surface area contributed by atoms with Crippen LogP contribution in [0.5, 0.6) is 5.75 Å². The van der Waals surface area contributed by atoms with Gasteiger partial charge in [-0.15, -0.1) is 0 Å². The Bertz CT molecular complexity index is 510. The molecule has 140 valence electrons. The minimum Gasteiger partial charge on any atom is -0.494 e. The quantitative estimate of drug-likeness (QED) is 0.658. The predicted octanol–water partition coefficient (Wildman–Crippen LogP) is 3.24.